The minimum Gasteiger partial charge on any atom is -0.348 e. The van der Waals surface area contributed by atoms with E-state index in [1.165, 1.54) is 11.1 Å². The highest BCUT2D eigenvalue weighted by Crippen LogP contribution is 2.41. The van der Waals surface area contributed by atoms with Crippen LogP contribution in [0.15, 0.2) is 48.5 Å². The lowest BCUT2D eigenvalue weighted by Gasteiger charge is -2.27. The van der Waals surface area contributed by atoms with Gasteiger partial charge in [0.2, 0.25) is 11.8 Å². The number of nitrogens with one attached hydrogen (secondary N) is 1. The van der Waals surface area contributed by atoms with E-state index in [0.717, 1.165) is 30.5 Å². The van der Waals surface area contributed by atoms with Gasteiger partial charge in [-0.1, -0.05) is 42.5 Å². The standard InChI is InChI=1S/C22H24N2O2/c1-22(2)17-11-5-6-13-19(17)24(21(22)26)14-20(25)23-18-12-7-9-15-8-3-4-10-16(15)18/h3-6,8,10-11,13,18H,7,9,12,14H2,1-2H3,(H,23,25)/t18-/m1/s1. The second-order valence-corrected chi connectivity index (χ2v) is 7.74. The molecule has 4 heteroatoms. The summed E-state index contributed by atoms with van der Waals surface area (Å²) in [5.74, 6) is -0.120. The SMILES string of the molecule is CC1(C)C(=O)N(CC(=O)N[C@@H]2CCCc3ccccc32)c2ccccc21. The molecule has 0 spiro atoms. The molecule has 2 amide bonds. The number of benzene rings is 2. The number of nitrogens with zero attached hydrogens (tertiary/aromatic N) is 1. The molecule has 2 aliphatic rings. The number of hydrogen-bond donors (Lipinski definition) is 1. The number of aryl methyl sites for hydroxylation is 1. The van der Waals surface area contributed by atoms with E-state index < -0.39 is 5.41 Å². The van der Waals surface area contributed by atoms with Crippen molar-refractivity contribution in [2.24, 2.45) is 0 Å². The zero-order valence-corrected chi connectivity index (χ0v) is 15.3. The van der Waals surface area contributed by atoms with E-state index in [0.29, 0.717) is 0 Å². The highest BCUT2D eigenvalue weighted by molar-refractivity contribution is 6.10. The van der Waals surface area contributed by atoms with Crippen LogP contribution in [0, 0.1) is 0 Å². The molecule has 26 heavy (non-hydrogen) atoms. The van der Waals surface area contributed by atoms with E-state index in [9.17, 15) is 9.59 Å². The maximum absolute atomic E-state index is 12.9. The third-order valence-corrected chi connectivity index (χ3v) is 5.65. The summed E-state index contributed by atoms with van der Waals surface area (Å²) < 4.78 is 0. The molecule has 4 rings (SSSR count). The van der Waals surface area contributed by atoms with Crippen molar-refractivity contribution < 1.29 is 9.59 Å². The Hall–Kier alpha value is -2.62. The zero-order chi connectivity index (χ0) is 18.3. The number of fused-ring (bicyclic) bond motifs is 2. The van der Waals surface area contributed by atoms with Crippen molar-refractivity contribution in [2.45, 2.75) is 44.6 Å². The average Bonchev–Trinajstić information content (AvgIpc) is 2.83. The molecule has 0 saturated carbocycles. The van der Waals surface area contributed by atoms with E-state index >= 15 is 0 Å². The van der Waals surface area contributed by atoms with Gasteiger partial charge < -0.3 is 10.2 Å². The molecule has 1 aliphatic heterocycles. The predicted octanol–water partition coefficient (Wildman–Crippen LogP) is 3.50. The fourth-order valence-corrected chi connectivity index (χ4v) is 4.24. The molecule has 0 saturated heterocycles. The van der Waals surface area contributed by atoms with Gasteiger partial charge in [0.15, 0.2) is 0 Å². The molecule has 0 fully saturated rings. The third-order valence-electron chi connectivity index (χ3n) is 5.65. The largest absolute Gasteiger partial charge is 0.348 e. The summed E-state index contributed by atoms with van der Waals surface area (Å²) in [5, 5.41) is 3.15. The number of para-hydroxylation sites is 1. The molecule has 0 aromatic heterocycles. The van der Waals surface area contributed by atoms with Crippen LogP contribution in [0.2, 0.25) is 0 Å². The first-order valence-electron chi connectivity index (χ1n) is 9.27. The van der Waals surface area contributed by atoms with Crippen LogP contribution in [-0.4, -0.2) is 18.4 Å². The number of anilines is 1. The molecule has 1 N–H and O–H groups in total. The van der Waals surface area contributed by atoms with Gasteiger partial charge in [0.25, 0.3) is 0 Å². The van der Waals surface area contributed by atoms with Gasteiger partial charge in [-0.25, -0.2) is 0 Å². The predicted molar refractivity (Wildman–Crippen MR) is 102 cm³/mol. The molecule has 1 aliphatic carbocycles. The molecular formula is C22H24N2O2. The summed E-state index contributed by atoms with van der Waals surface area (Å²) in [4.78, 5) is 27.2. The van der Waals surface area contributed by atoms with Gasteiger partial charge in [-0.3, -0.25) is 9.59 Å². The Labute approximate surface area is 154 Å². The molecule has 0 unspecified atom stereocenters. The quantitative estimate of drug-likeness (QED) is 0.923. The van der Waals surface area contributed by atoms with Crippen molar-refractivity contribution in [3.63, 3.8) is 0 Å². The summed E-state index contributed by atoms with van der Waals surface area (Å²) >= 11 is 0. The molecule has 1 heterocycles. The number of hydrogen-bond acceptors (Lipinski definition) is 2. The van der Waals surface area contributed by atoms with Gasteiger partial charge in [-0.2, -0.15) is 0 Å². The first kappa shape index (κ1) is 16.8. The maximum atomic E-state index is 12.9. The molecule has 0 bridgehead atoms. The zero-order valence-electron chi connectivity index (χ0n) is 15.3. The fourth-order valence-electron chi connectivity index (χ4n) is 4.24. The second-order valence-electron chi connectivity index (χ2n) is 7.74. The lowest BCUT2D eigenvalue weighted by Crippen LogP contribution is -2.44. The van der Waals surface area contributed by atoms with Crippen molar-refractivity contribution in [1.82, 2.24) is 5.32 Å². The van der Waals surface area contributed by atoms with E-state index in [1.807, 2.05) is 50.2 Å². The molecule has 2 aromatic carbocycles. The second kappa shape index (κ2) is 6.27. The van der Waals surface area contributed by atoms with Crippen molar-refractivity contribution in [3.05, 3.63) is 65.2 Å². The smallest absolute Gasteiger partial charge is 0.240 e. The monoisotopic (exact) mass is 348 g/mol. The van der Waals surface area contributed by atoms with Crippen molar-refractivity contribution in [2.75, 3.05) is 11.4 Å². The maximum Gasteiger partial charge on any atom is 0.240 e. The van der Waals surface area contributed by atoms with Gasteiger partial charge in [0.1, 0.15) is 6.54 Å². The molecule has 4 nitrogen and oxygen atoms in total. The van der Waals surface area contributed by atoms with Crippen LogP contribution >= 0.6 is 0 Å². The summed E-state index contributed by atoms with van der Waals surface area (Å²) in [7, 11) is 0. The first-order valence-corrected chi connectivity index (χ1v) is 9.27. The van der Waals surface area contributed by atoms with Gasteiger partial charge in [-0.15, -0.1) is 0 Å². The van der Waals surface area contributed by atoms with Crippen LogP contribution in [0.3, 0.4) is 0 Å². The minimum absolute atomic E-state index is 0.0158. The Morgan fingerprint density at radius 1 is 1.15 bits per heavy atom. The fraction of sp³-hybridized carbons (Fsp3) is 0.364. The van der Waals surface area contributed by atoms with Crippen molar-refractivity contribution in [1.29, 1.82) is 0 Å². The Morgan fingerprint density at radius 3 is 2.73 bits per heavy atom. The summed E-state index contributed by atoms with van der Waals surface area (Å²) in [5.41, 5.74) is 3.77. The Balaban J connectivity index is 1.52. The van der Waals surface area contributed by atoms with E-state index in [2.05, 4.69) is 17.4 Å². The molecule has 1 atom stereocenters. The summed E-state index contributed by atoms with van der Waals surface area (Å²) in [6, 6.07) is 16.1. The van der Waals surface area contributed by atoms with Gasteiger partial charge in [-0.05, 0) is 55.9 Å². The molecule has 134 valence electrons. The van der Waals surface area contributed by atoms with Gasteiger partial charge >= 0.3 is 0 Å². The number of carbonyl (C=O) groups excluding carboxylic acids is 2. The minimum atomic E-state index is -0.589. The van der Waals surface area contributed by atoms with E-state index in [4.69, 9.17) is 0 Å². The topological polar surface area (TPSA) is 49.4 Å². The number of carbonyl (C=O) groups is 2. The highest BCUT2D eigenvalue weighted by Gasteiger charge is 2.44. The van der Waals surface area contributed by atoms with Crippen LogP contribution < -0.4 is 10.2 Å². The number of amides is 2. The lowest BCUT2D eigenvalue weighted by molar-refractivity contribution is -0.126. The van der Waals surface area contributed by atoms with Crippen LogP contribution in [0.1, 0.15) is 49.4 Å². The number of rotatable bonds is 3. The van der Waals surface area contributed by atoms with Crippen LogP contribution in [0.4, 0.5) is 5.69 Å². The average molecular weight is 348 g/mol. The van der Waals surface area contributed by atoms with Gasteiger partial charge in [0.05, 0.1) is 11.5 Å². The lowest BCUT2D eigenvalue weighted by atomic mass is 9.86. The van der Waals surface area contributed by atoms with Crippen molar-refractivity contribution in [3.8, 4) is 0 Å². The van der Waals surface area contributed by atoms with Crippen LogP contribution in [0.25, 0.3) is 0 Å². The third kappa shape index (κ3) is 2.70. The van der Waals surface area contributed by atoms with Crippen LogP contribution in [0.5, 0.6) is 0 Å². The normalized spacial score (nSPS) is 20.5. The highest BCUT2D eigenvalue weighted by atomic mass is 16.2. The first-order chi connectivity index (χ1) is 12.5. The molecule has 2 aromatic rings. The van der Waals surface area contributed by atoms with E-state index in [-0.39, 0.29) is 24.4 Å². The summed E-state index contributed by atoms with van der Waals surface area (Å²) in [6.45, 7) is 3.91. The van der Waals surface area contributed by atoms with E-state index in [1.54, 1.807) is 4.90 Å². The summed E-state index contributed by atoms with van der Waals surface area (Å²) in [6.07, 6.45) is 3.08. The molecular weight excluding hydrogens is 324 g/mol. The molecule has 0 radical (unpaired) electrons. The Morgan fingerprint density at radius 2 is 1.88 bits per heavy atom. The Bertz CT molecular complexity index is 872. The van der Waals surface area contributed by atoms with Gasteiger partial charge in [0, 0.05) is 5.69 Å². The Kier molecular flexibility index (Phi) is 4.06. The van der Waals surface area contributed by atoms with Crippen LogP contribution in [-0.2, 0) is 21.4 Å². The van der Waals surface area contributed by atoms with Crippen molar-refractivity contribution >= 4 is 17.5 Å².